The fraction of sp³-hybridized carbons (Fsp3) is 0.333. The molecular formula is C21H27N5O3. The molecule has 1 amide bonds. The average molecular weight is 397 g/mol. The van der Waals surface area contributed by atoms with Crippen LogP contribution in [0.1, 0.15) is 5.56 Å². The summed E-state index contributed by atoms with van der Waals surface area (Å²) in [4.78, 5) is 20.0. The number of aliphatic imine (C=N–C) groups is 1. The average Bonchev–Trinajstić information content (AvgIpc) is 2.76. The van der Waals surface area contributed by atoms with Gasteiger partial charge in [0.25, 0.3) is 0 Å². The van der Waals surface area contributed by atoms with Crippen molar-refractivity contribution in [2.24, 2.45) is 4.99 Å². The Morgan fingerprint density at radius 1 is 1.10 bits per heavy atom. The monoisotopic (exact) mass is 397 g/mol. The smallest absolute Gasteiger partial charge is 0.411 e. The fourth-order valence-corrected chi connectivity index (χ4v) is 3.28. The number of nitrogens with one attached hydrogen (secondary N) is 2. The number of anilines is 2. The molecule has 1 aliphatic heterocycles. The molecule has 3 rings (SSSR count). The van der Waals surface area contributed by atoms with E-state index in [0.29, 0.717) is 18.0 Å². The highest BCUT2D eigenvalue weighted by Crippen LogP contribution is 2.27. The van der Waals surface area contributed by atoms with Gasteiger partial charge in [0.1, 0.15) is 5.75 Å². The molecule has 29 heavy (non-hydrogen) atoms. The molecule has 0 atom stereocenters. The predicted molar refractivity (Wildman–Crippen MR) is 115 cm³/mol. The minimum atomic E-state index is -0.487. The zero-order valence-corrected chi connectivity index (χ0v) is 16.8. The Labute approximate surface area is 170 Å². The van der Waals surface area contributed by atoms with Gasteiger partial charge in [-0.25, -0.2) is 4.79 Å². The number of benzene rings is 2. The van der Waals surface area contributed by atoms with Crippen LogP contribution in [0, 0.1) is 0 Å². The summed E-state index contributed by atoms with van der Waals surface area (Å²) < 4.78 is 4.59. The van der Waals surface area contributed by atoms with Crippen molar-refractivity contribution in [1.29, 1.82) is 0 Å². The number of carbonyl (C=O) groups is 1. The van der Waals surface area contributed by atoms with Crippen molar-refractivity contribution >= 4 is 23.4 Å². The third-order valence-corrected chi connectivity index (χ3v) is 4.85. The molecule has 1 heterocycles. The Morgan fingerprint density at radius 3 is 2.41 bits per heavy atom. The Morgan fingerprint density at radius 2 is 1.79 bits per heavy atom. The maximum atomic E-state index is 11.2. The number of piperazine rings is 1. The molecule has 0 spiro atoms. The fourth-order valence-electron chi connectivity index (χ4n) is 3.28. The van der Waals surface area contributed by atoms with E-state index in [9.17, 15) is 9.90 Å². The number of ether oxygens (including phenoxy) is 1. The Balaban J connectivity index is 1.51. The van der Waals surface area contributed by atoms with E-state index in [2.05, 4.69) is 30.2 Å². The van der Waals surface area contributed by atoms with E-state index in [-0.39, 0.29) is 0 Å². The van der Waals surface area contributed by atoms with Gasteiger partial charge in [0, 0.05) is 45.5 Å². The Kier molecular flexibility index (Phi) is 6.78. The van der Waals surface area contributed by atoms with Crippen LogP contribution in [0.15, 0.2) is 53.5 Å². The van der Waals surface area contributed by atoms with Crippen molar-refractivity contribution < 1.29 is 14.6 Å². The number of phenolic OH excluding ortho intramolecular Hbond substituents is 1. The maximum absolute atomic E-state index is 11.2. The number of guanidine groups is 1. The van der Waals surface area contributed by atoms with Gasteiger partial charge in [-0.3, -0.25) is 10.3 Å². The van der Waals surface area contributed by atoms with Crippen LogP contribution in [0.4, 0.5) is 16.2 Å². The minimum Gasteiger partial charge on any atom is -0.506 e. The van der Waals surface area contributed by atoms with Crippen molar-refractivity contribution in [1.82, 2.24) is 10.2 Å². The molecule has 1 aliphatic rings. The normalized spacial score (nSPS) is 14.5. The van der Waals surface area contributed by atoms with E-state index >= 15 is 0 Å². The van der Waals surface area contributed by atoms with Gasteiger partial charge in [-0.2, -0.15) is 0 Å². The standard InChI is InChI=1S/C21H27N5O3/c1-22-20(23-15-16-7-9-17(10-8-16)24-21(28)29-2)26-13-11-25(12-14-26)18-5-3-4-6-19(18)27/h3-10,27H,11-15H2,1-2H3,(H,22,23)(H,24,28). The number of rotatable bonds is 4. The SMILES string of the molecule is CN=C(NCc1ccc(NC(=O)OC)cc1)N1CCN(c2ccccc2O)CC1. The number of methoxy groups -OCH3 is 1. The number of aromatic hydroxyl groups is 1. The maximum Gasteiger partial charge on any atom is 0.411 e. The molecule has 3 N–H and O–H groups in total. The Hall–Kier alpha value is -3.42. The first-order valence-corrected chi connectivity index (χ1v) is 9.53. The number of phenols is 1. The molecule has 1 fully saturated rings. The van der Waals surface area contributed by atoms with E-state index in [1.807, 2.05) is 42.5 Å². The molecule has 154 valence electrons. The Bertz CT molecular complexity index is 846. The molecule has 1 saturated heterocycles. The molecule has 0 unspecified atom stereocenters. The summed E-state index contributed by atoms with van der Waals surface area (Å²) >= 11 is 0. The lowest BCUT2D eigenvalue weighted by molar-refractivity contribution is 0.187. The van der Waals surface area contributed by atoms with Crippen LogP contribution in [0.2, 0.25) is 0 Å². The van der Waals surface area contributed by atoms with Crippen molar-refractivity contribution in [2.45, 2.75) is 6.54 Å². The van der Waals surface area contributed by atoms with Gasteiger partial charge in [-0.15, -0.1) is 0 Å². The van der Waals surface area contributed by atoms with Crippen LogP contribution in [0.5, 0.6) is 5.75 Å². The van der Waals surface area contributed by atoms with Gasteiger partial charge >= 0.3 is 6.09 Å². The molecule has 0 aliphatic carbocycles. The topological polar surface area (TPSA) is 89.4 Å². The van der Waals surface area contributed by atoms with Gasteiger partial charge in [0.2, 0.25) is 0 Å². The van der Waals surface area contributed by atoms with E-state index in [1.165, 1.54) is 7.11 Å². The lowest BCUT2D eigenvalue weighted by Crippen LogP contribution is -2.52. The minimum absolute atomic E-state index is 0.314. The molecule has 0 bridgehead atoms. The lowest BCUT2D eigenvalue weighted by Gasteiger charge is -2.37. The van der Waals surface area contributed by atoms with Crippen molar-refractivity contribution in [2.75, 3.05) is 50.6 Å². The second-order valence-corrected chi connectivity index (χ2v) is 6.68. The third-order valence-electron chi connectivity index (χ3n) is 4.85. The van der Waals surface area contributed by atoms with Gasteiger partial charge in [-0.05, 0) is 29.8 Å². The largest absolute Gasteiger partial charge is 0.506 e. The predicted octanol–water partition coefficient (Wildman–Crippen LogP) is 2.47. The highest BCUT2D eigenvalue weighted by atomic mass is 16.5. The molecule has 8 nitrogen and oxygen atoms in total. The summed E-state index contributed by atoms with van der Waals surface area (Å²) in [6, 6.07) is 15.0. The number of hydrogen-bond acceptors (Lipinski definition) is 5. The van der Waals surface area contributed by atoms with Gasteiger partial charge in [0.15, 0.2) is 5.96 Å². The molecule has 2 aromatic carbocycles. The highest BCUT2D eigenvalue weighted by Gasteiger charge is 2.21. The van der Waals surface area contributed by atoms with Crippen LogP contribution < -0.4 is 15.5 Å². The number of para-hydroxylation sites is 2. The molecule has 0 radical (unpaired) electrons. The lowest BCUT2D eigenvalue weighted by atomic mass is 10.2. The number of amides is 1. The van der Waals surface area contributed by atoms with Crippen LogP contribution in [0.25, 0.3) is 0 Å². The highest BCUT2D eigenvalue weighted by molar-refractivity contribution is 5.84. The second-order valence-electron chi connectivity index (χ2n) is 6.68. The number of hydrogen-bond donors (Lipinski definition) is 3. The van der Waals surface area contributed by atoms with Crippen LogP contribution >= 0.6 is 0 Å². The van der Waals surface area contributed by atoms with Crippen LogP contribution in [-0.2, 0) is 11.3 Å². The second kappa shape index (κ2) is 9.68. The van der Waals surface area contributed by atoms with E-state index < -0.39 is 6.09 Å². The first-order chi connectivity index (χ1) is 14.1. The zero-order valence-electron chi connectivity index (χ0n) is 16.8. The van der Waals surface area contributed by atoms with Crippen LogP contribution in [0.3, 0.4) is 0 Å². The van der Waals surface area contributed by atoms with Crippen molar-refractivity contribution in [3.63, 3.8) is 0 Å². The molecule has 0 saturated carbocycles. The summed E-state index contributed by atoms with van der Waals surface area (Å²) in [6.07, 6.45) is -0.487. The van der Waals surface area contributed by atoms with Gasteiger partial charge in [-0.1, -0.05) is 24.3 Å². The van der Waals surface area contributed by atoms with E-state index in [0.717, 1.165) is 43.4 Å². The van der Waals surface area contributed by atoms with Crippen molar-refractivity contribution in [3.05, 3.63) is 54.1 Å². The first-order valence-electron chi connectivity index (χ1n) is 9.53. The summed E-state index contributed by atoms with van der Waals surface area (Å²) in [5, 5.41) is 16.1. The third kappa shape index (κ3) is 5.31. The summed E-state index contributed by atoms with van der Waals surface area (Å²) in [7, 11) is 3.11. The number of carbonyl (C=O) groups excluding carboxylic acids is 1. The van der Waals surface area contributed by atoms with E-state index in [1.54, 1.807) is 13.1 Å². The molecule has 8 heteroatoms. The first kappa shape index (κ1) is 20.3. The summed E-state index contributed by atoms with van der Waals surface area (Å²) in [5.74, 6) is 1.16. The molecule has 0 aromatic heterocycles. The quantitative estimate of drug-likeness (QED) is 0.543. The molecule has 2 aromatic rings. The molecular weight excluding hydrogens is 370 g/mol. The van der Waals surface area contributed by atoms with Crippen LogP contribution in [-0.4, -0.2) is 62.4 Å². The summed E-state index contributed by atoms with van der Waals surface area (Å²) in [6.45, 7) is 3.88. The summed E-state index contributed by atoms with van der Waals surface area (Å²) in [5.41, 5.74) is 2.63. The van der Waals surface area contributed by atoms with E-state index in [4.69, 9.17) is 0 Å². The zero-order chi connectivity index (χ0) is 20.6. The van der Waals surface area contributed by atoms with Gasteiger partial charge in [0.05, 0.1) is 12.8 Å². The van der Waals surface area contributed by atoms with Gasteiger partial charge < -0.3 is 25.0 Å². The van der Waals surface area contributed by atoms with Crippen molar-refractivity contribution in [3.8, 4) is 5.75 Å². The number of nitrogens with zero attached hydrogens (tertiary/aromatic N) is 3.